The quantitative estimate of drug-likeness (QED) is 0.810. The molecular formula is C13H18N6O2S. The lowest BCUT2D eigenvalue weighted by Gasteiger charge is -2.34. The lowest BCUT2D eigenvalue weighted by atomic mass is 10.2. The summed E-state index contributed by atoms with van der Waals surface area (Å²) in [5.41, 5.74) is 0.634. The van der Waals surface area contributed by atoms with Gasteiger partial charge in [-0.2, -0.15) is 9.47 Å². The summed E-state index contributed by atoms with van der Waals surface area (Å²) >= 11 is 1.37. The Morgan fingerprint density at radius 3 is 2.77 bits per heavy atom. The maximum Gasteiger partial charge on any atom is 0.257 e. The number of carbonyl (C=O) groups is 1. The molecule has 3 rings (SSSR count). The number of amides is 1. The highest BCUT2D eigenvalue weighted by atomic mass is 32.1. The lowest BCUT2D eigenvalue weighted by Crippen LogP contribution is -2.48. The Kier molecular flexibility index (Phi) is 4.34. The van der Waals surface area contributed by atoms with E-state index in [-0.39, 0.29) is 5.91 Å². The van der Waals surface area contributed by atoms with Crippen LogP contribution in [0.5, 0.6) is 0 Å². The summed E-state index contributed by atoms with van der Waals surface area (Å²) in [6.45, 7) is 3.29. The van der Waals surface area contributed by atoms with Crippen LogP contribution in [0.15, 0.2) is 12.4 Å². The summed E-state index contributed by atoms with van der Waals surface area (Å²) in [6.07, 6.45) is 3.35. The highest BCUT2D eigenvalue weighted by Crippen LogP contribution is 2.20. The molecule has 8 nitrogen and oxygen atoms in total. The van der Waals surface area contributed by atoms with Crippen molar-refractivity contribution in [2.45, 2.75) is 6.61 Å². The second kappa shape index (κ2) is 6.41. The third kappa shape index (κ3) is 3.09. The van der Waals surface area contributed by atoms with Gasteiger partial charge in [-0.1, -0.05) is 0 Å². The minimum Gasteiger partial charge on any atom is -0.377 e. The number of aryl methyl sites for hydroxylation is 1. The van der Waals surface area contributed by atoms with Crippen LogP contribution in [0.2, 0.25) is 0 Å². The van der Waals surface area contributed by atoms with Crippen LogP contribution < -0.4 is 4.90 Å². The van der Waals surface area contributed by atoms with E-state index in [2.05, 4.69) is 19.4 Å². The van der Waals surface area contributed by atoms with E-state index in [1.54, 1.807) is 24.2 Å². The van der Waals surface area contributed by atoms with Crippen molar-refractivity contribution >= 4 is 22.6 Å². The molecule has 118 valence electrons. The summed E-state index contributed by atoms with van der Waals surface area (Å²) in [7, 11) is 3.44. The maximum absolute atomic E-state index is 12.4. The summed E-state index contributed by atoms with van der Waals surface area (Å²) in [5.74, 6) is 0.737. The molecule has 0 radical (unpaired) electrons. The first kappa shape index (κ1) is 14.9. The third-order valence-corrected chi connectivity index (χ3v) is 4.33. The number of aromatic nitrogens is 4. The van der Waals surface area contributed by atoms with Gasteiger partial charge in [0.25, 0.3) is 5.91 Å². The van der Waals surface area contributed by atoms with Gasteiger partial charge in [-0.15, -0.1) is 0 Å². The van der Waals surface area contributed by atoms with Crippen molar-refractivity contribution in [3.8, 4) is 0 Å². The van der Waals surface area contributed by atoms with Crippen LogP contribution in [-0.2, 0) is 18.4 Å². The molecule has 2 aromatic heterocycles. The standard InChI is InChI=1S/C13H18N6O2S/c1-17-8-10(7-14-17)12(20)18-3-5-19(6-4-18)13-15-11(9-21-2)16-22-13/h7-8H,3-6,9H2,1-2H3. The number of piperazine rings is 1. The lowest BCUT2D eigenvalue weighted by molar-refractivity contribution is 0.0746. The van der Waals surface area contributed by atoms with Gasteiger partial charge in [-0.3, -0.25) is 9.48 Å². The van der Waals surface area contributed by atoms with Crippen molar-refractivity contribution in [3.05, 3.63) is 23.8 Å². The number of hydrogen-bond acceptors (Lipinski definition) is 7. The van der Waals surface area contributed by atoms with Gasteiger partial charge >= 0.3 is 0 Å². The van der Waals surface area contributed by atoms with Crippen molar-refractivity contribution in [1.29, 1.82) is 0 Å². The van der Waals surface area contributed by atoms with E-state index in [4.69, 9.17) is 4.74 Å². The van der Waals surface area contributed by atoms with Crippen molar-refractivity contribution < 1.29 is 9.53 Å². The van der Waals surface area contributed by atoms with Gasteiger partial charge in [0.05, 0.1) is 11.8 Å². The fraction of sp³-hybridized carbons (Fsp3) is 0.538. The topological polar surface area (TPSA) is 76.4 Å². The van der Waals surface area contributed by atoms with Crippen molar-refractivity contribution in [3.63, 3.8) is 0 Å². The molecule has 1 aliphatic rings. The van der Waals surface area contributed by atoms with Crippen LogP contribution in [-0.4, -0.2) is 63.2 Å². The number of rotatable bonds is 4. The van der Waals surface area contributed by atoms with E-state index in [1.165, 1.54) is 11.5 Å². The van der Waals surface area contributed by atoms with Gasteiger partial charge in [0.15, 0.2) is 5.82 Å². The zero-order valence-corrected chi connectivity index (χ0v) is 13.4. The van der Waals surface area contributed by atoms with Crippen molar-refractivity contribution in [2.24, 2.45) is 7.05 Å². The Labute approximate surface area is 132 Å². The highest BCUT2D eigenvalue weighted by Gasteiger charge is 2.24. The first-order chi connectivity index (χ1) is 10.7. The molecule has 3 heterocycles. The second-order valence-corrected chi connectivity index (χ2v) is 5.84. The zero-order valence-electron chi connectivity index (χ0n) is 12.6. The summed E-state index contributed by atoms with van der Waals surface area (Å²) in [6, 6.07) is 0. The molecule has 0 aromatic carbocycles. The number of nitrogens with zero attached hydrogens (tertiary/aromatic N) is 6. The Morgan fingerprint density at radius 1 is 1.36 bits per heavy atom. The second-order valence-electron chi connectivity index (χ2n) is 5.11. The van der Waals surface area contributed by atoms with E-state index in [0.29, 0.717) is 31.1 Å². The number of ether oxygens (including phenoxy) is 1. The molecule has 22 heavy (non-hydrogen) atoms. The molecule has 0 bridgehead atoms. The van der Waals surface area contributed by atoms with Crippen LogP contribution in [0.3, 0.4) is 0 Å². The van der Waals surface area contributed by atoms with Gasteiger partial charge in [-0.25, -0.2) is 4.98 Å². The number of carbonyl (C=O) groups excluding carboxylic acids is 1. The van der Waals surface area contributed by atoms with Gasteiger partial charge in [0.1, 0.15) is 6.61 Å². The molecule has 1 saturated heterocycles. The molecule has 0 spiro atoms. The van der Waals surface area contributed by atoms with Crippen molar-refractivity contribution in [1.82, 2.24) is 24.0 Å². The van der Waals surface area contributed by atoms with Crippen molar-refractivity contribution in [2.75, 3.05) is 38.2 Å². The van der Waals surface area contributed by atoms with Crippen LogP contribution in [0.1, 0.15) is 16.2 Å². The molecule has 1 amide bonds. The van der Waals surface area contributed by atoms with E-state index in [9.17, 15) is 4.79 Å². The predicted molar refractivity (Wildman–Crippen MR) is 81.9 cm³/mol. The third-order valence-electron chi connectivity index (χ3n) is 3.52. The SMILES string of the molecule is COCc1nsc(N2CCN(C(=O)c3cnn(C)c3)CC2)n1. The van der Waals surface area contributed by atoms with Gasteiger partial charge in [0.2, 0.25) is 5.13 Å². The monoisotopic (exact) mass is 322 g/mol. The number of anilines is 1. The van der Waals surface area contributed by atoms with Gasteiger partial charge in [-0.05, 0) is 0 Å². The van der Waals surface area contributed by atoms with Gasteiger partial charge in [0, 0.05) is 58.1 Å². The van der Waals surface area contributed by atoms with E-state index >= 15 is 0 Å². The number of methoxy groups -OCH3 is 1. The Morgan fingerprint density at radius 2 is 2.14 bits per heavy atom. The number of hydrogen-bond donors (Lipinski definition) is 0. The molecular weight excluding hydrogens is 304 g/mol. The fourth-order valence-corrected chi connectivity index (χ4v) is 3.10. The Balaban J connectivity index is 1.58. The largest absolute Gasteiger partial charge is 0.377 e. The molecule has 1 aliphatic heterocycles. The predicted octanol–water partition coefficient (Wildman–Crippen LogP) is 0.380. The molecule has 0 unspecified atom stereocenters. The molecule has 0 atom stereocenters. The van der Waals surface area contributed by atoms with Crippen LogP contribution in [0.4, 0.5) is 5.13 Å². The minimum absolute atomic E-state index is 0.0325. The summed E-state index contributed by atoms with van der Waals surface area (Å²) < 4.78 is 10.9. The van der Waals surface area contributed by atoms with Crippen LogP contribution in [0, 0.1) is 0 Å². The normalized spacial score (nSPS) is 15.4. The Bertz CT molecular complexity index is 647. The average molecular weight is 322 g/mol. The van der Waals surface area contributed by atoms with E-state index in [1.807, 2.05) is 11.9 Å². The molecule has 9 heteroatoms. The minimum atomic E-state index is 0.0325. The molecule has 0 saturated carbocycles. The van der Waals surface area contributed by atoms with Gasteiger partial charge < -0.3 is 14.5 Å². The molecule has 0 N–H and O–H groups in total. The average Bonchev–Trinajstić information content (AvgIpc) is 3.16. The summed E-state index contributed by atoms with van der Waals surface area (Å²) in [5, 5.41) is 4.93. The highest BCUT2D eigenvalue weighted by molar-refractivity contribution is 7.09. The summed E-state index contributed by atoms with van der Waals surface area (Å²) in [4.78, 5) is 20.8. The van der Waals surface area contributed by atoms with E-state index in [0.717, 1.165) is 18.2 Å². The first-order valence-electron chi connectivity index (χ1n) is 7.02. The van der Waals surface area contributed by atoms with Crippen LogP contribution >= 0.6 is 11.5 Å². The van der Waals surface area contributed by atoms with E-state index < -0.39 is 0 Å². The van der Waals surface area contributed by atoms with Crippen LogP contribution in [0.25, 0.3) is 0 Å². The molecule has 2 aromatic rings. The molecule has 1 fully saturated rings. The smallest absolute Gasteiger partial charge is 0.257 e. The zero-order chi connectivity index (χ0) is 15.5. The molecule has 0 aliphatic carbocycles. The Hall–Kier alpha value is -2.00. The first-order valence-corrected chi connectivity index (χ1v) is 7.79. The maximum atomic E-state index is 12.4. The fourth-order valence-electron chi connectivity index (χ4n) is 2.38.